The van der Waals surface area contributed by atoms with Crippen molar-refractivity contribution < 1.29 is 5.11 Å². The maximum Gasteiger partial charge on any atom is 0.0433 e. The van der Waals surface area contributed by atoms with Crippen LogP contribution in [0.3, 0.4) is 0 Å². The Morgan fingerprint density at radius 2 is 0.277 bits per heavy atom. The fourth-order valence-electron chi connectivity index (χ4n) is 12.7. The molecule has 0 aromatic carbocycles. The van der Waals surface area contributed by atoms with Crippen LogP contribution in [0.15, 0.2) is 221 Å². The van der Waals surface area contributed by atoms with Gasteiger partial charge in [-0.05, 0) is 395 Å². The topological polar surface area (TPSA) is 20.2 Å². The Bertz CT molecular complexity index is 2860. The first-order chi connectivity index (χ1) is 48.3. The van der Waals surface area contributed by atoms with Gasteiger partial charge in [0.2, 0.25) is 0 Å². The monoisotopic (exact) mass is 1380 g/mol. The highest BCUT2D eigenvalue weighted by molar-refractivity contribution is 5.15. The van der Waals surface area contributed by atoms with Crippen molar-refractivity contribution in [1.29, 1.82) is 0 Å². The number of aliphatic hydroxyl groups is 1. The smallest absolute Gasteiger partial charge is 0.0433 e. The normalized spacial score (nSPS) is 15.5. The van der Waals surface area contributed by atoms with Gasteiger partial charge in [-0.2, -0.15) is 0 Å². The van der Waals surface area contributed by atoms with Gasteiger partial charge in [-0.1, -0.05) is 228 Å². The molecule has 0 saturated heterocycles. The Labute approximate surface area is 631 Å². The quantitative estimate of drug-likeness (QED) is 0.0602. The second-order valence-corrected chi connectivity index (χ2v) is 32.1. The third kappa shape index (κ3) is 65.5. The lowest BCUT2D eigenvalue weighted by Gasteiger charge is -2.07. The average molecular weight is 1380 g/mol. The van der Waals surface area contributed by atoms with Gasteiger partial charge < -0.3 is 5.11 Å². The van der Waals surface area contributed by atoms with Crippen LogP contribution in [0.1, 0.15) is 396 Å². The van der Waals surface area contributed by atoms with Crippen LogP contribution in [-0.4, -0.2) is 11.7 Å². The number of aliphatic hydroxyl groups excluding tert-OH is 1. The van der Waals surface area contributed by atoms with Crippen LogP contribution >= 0.6 is 0 Å². The van der Waals surface area contributed by atoms with Crippen molar-refractivity contribution >= 4 is 0 Å². The van der Waals surface area contributed by atoms with Crippen LogP contribution < -0.4 is 0 Å². The molecule has 0 aromatic heterocycles. The summed E-state index contributed by atoms with van der Waals surface area (Å²) in [4.78, 5) is 0. The highest BCUT2D eigenvalue weighted by Gasteiger charge is 2.04. The maximum absolute atomic E-state index is 9.12. The lowest BCUT2D eigenvalue weighted by Crippen LogP contribution is -1.97. The summed E-state index contributed by atoms with van der Waals surface area (Å²) in [5.41, 5.74) is 28.9. The van der Waals surface area contributed by atoms with E-state index in [4.69, 9.17) is 5.11 Å². The molecular weight excluding hydrogens is 1220 g/mol. The fourth-order valence-corrected chi connectivity index (χ4v) is 12.7. The Morgan fingerprint density at radius 1 is 0.168 bits per heavy atom. The van der Waals surface area contributed by atoms with Crippen molar-refractivity contribution in [3.8, 4) is 0 Å². The molecule has 0 bridgehead atoms. The van der Waals surface area contributed by atoms with Crippen LogP contribution in [0.2, 0.25) is 0 Å². The lowest BCUT2D eigenvalue weighted by atomic mass is 10.0. The summed E-state index contributed by atoms with van der Waals surface area (Å²) in [6, 6.07) is 0. The predicted molar refractivity (Wildman–Crippen MR) is 463 cm³/mol. The van der Waals surface area contributed by atoms with E-state index in [9.17, 15) is 0 Å². The van der Waals surface area contributed by atoms with Crippen molar-refractivity contribution in [3.63, 3.8) is 0 Å². The summed E-state index contributed by atoms with van der Waals surface area (Å²) in [5, 5.41) is 9.12. The van der Waals surface area contributed by atoms with E-state index in [0.29, 0.717) is 12.5 Å². The van der Waals surface area contributed by atoms with Crippen LogP contribution in [0.5, 0.6) is 0 Å². The molecule has 1 atom stereocenters. The largest absolute Gasteiger partial charge is 0.396 e. The second kappa shape index (κ2) is 64.6. The maximum atomic E-state index is 9.12. The first kappa shape index (κ1) is 96.0. The first-order valence-electron chi connectivity index (χ1n) is 41.3. The number of rotatable bonds is 59. The highest BCUT2D eigenvalue weighted by atomic mass is 16.3. The number of hydrogen-bond donors (Lipinski definition) is 1. The van der Waals surface area contributed by atoms with Crippen LogP contribution in [0.4, 0.5) is 0 Å². The molecule has 0 aliphatic rings. The summed E-state index contributed by atoms with van der Waals surface area (Å²) >= 11 is 0. The third-order valence-electron chi connectivity index (χ3n) is 20.4. The molecule has 1 unspecified atom stereocenters. The van der Waals surface area contributed by atoms with Gasteiger partial charge in [-0.15, -0.1) is 0 Å². The van der Waals surface area contributed by atoms with Crippen molar-refractivity contribution in [1.82, 2.24) is 0 Å². The standard InChI is InChI=1S/C100H164O/c1-81(2)41-22-42-82(3)43-23-44-83(4)45-24-46-84(5)47-25-48-85(6)49-26-50-86(7)51-27-52-87(8)53-28-54-88(9)55-29-56-89(10)57-30-58-90(11)59-31-60-91(12)61-32-62-92(13)63-33-64-93(14)65-34-66-94(15)67-35-68-95(16)69-36-70-96(17)71-37-72-97(18)73-38-74-98(19)75-39-76-99(20)77-40-78-100(21)79-80-101/h41,43,45,47,49,51,53,55,57,59,61,63,65,67,69,71,73,75,77,100-101H,22-40,42,44,46,48,50,52,54,56,58,60,62,64,66,68,70,72,74,76,78-80H2,1-21H3/b82-43-,83-45+,84-47+,85-49+,86-51+,87-53+,88-55+,89-57-,90-59+,91-61+,92-63+,93-65+,94-67-,95-69+,96-71+,97-73+,98-75+,99-77+. The molecule has 0 amide bonds. The van der Waals surface area contributed by atoms with Gasteiger partial charge in [-0.3, -0.25) is 0 Å². The summed E-state index contributed by atoms with van der Waals surface area (Å²) < 4.78 is 0. The molecule has 101 heavy (non-hydrogen) atoms. The Morgan fingerprint density at radius 3 is 0.386 bits per heavy atom. The predicted octanol–water partition coefficient (Wildman–Crippen LogP) is 33.8. The summed E-state index contributed by atoms with van der Waals surface area (Å²) in [5.74, 6) is 0.611. The van der Waals surface area contributed by atoms with Gasteiger partial charge in [0.15, 0.2) is 0 Å². The summed E-state index contributed by atoms with van der Waals surface area (Å²) in [6.07, 6.45) is 91.8. The molecule has 0 aliphatic heterocycles. The van der Waals surface area contributed by atoms with Crippen LogP contribution in [-0.2, 0) is 0 Å². The van der Waals surface area contributed by atoms with Crippen molar-refractivity contribution in [2.45, 2.75) is 396 Å². The minimum Gasteiger partial charge on any atom is -0.396 e. The number of hydrogen-bond acceptors (Lipinski definition) is 1. The van der Waals surface area contributed by atoms with Gasteiger partial charge in [0.05, 0.1) is 0 Å². The first-order valence-corrected chi connectivity index (χ1v) is 41.3. The fraction of sp³-hybridized carbons (Fsp3) is 0.620. The van der Waals surface area contributed by atoms with E-state index in [-0.39, 0.29) is 0 Å². The lowest BCUT2D eigenvalue weighted by molar-refractivity contribution is 0.259. The van der Waals surface area contributed by atoms with Crippen molar-refractivity contribution in [2.75, 3.05) is 6.61 Å². The molecule has 0 aromatic rings. The van der Waals surface area contributed by atoms with Gasteiger partial charge in [0, 0.05) is 6.61 Å². The summed E-state index contributed by atoms with van der Waals surface area (Å²) in [7, 11) is 0. The molecule has 0 radical (unpaired) electrons. The van der Waals surface area contributed by atoms with E-state index in [1.54, 1.807) is 0 Å². The van der Waals surface area contributed by atoms with Gasteiger partial charge >= 0.3 is 0 Å². The molecule has 570 valence electrons. The number of allylic oxidation sites excluding steroid dienone is 38. The van der Waals surface area contributed by atoms with Crippen molar-refractivity contribution in [2.24, 2.45) is 5.92 Å². The third-order valence-corrected chi connectivity index (χ3v) is 20.4. The molecule has 1 heteroatoms. The Hall–Kier alpha value is -4.98. The molecule has 0 fully saturated rings. The summed E-state index contributed by atoms with van der Waals surface area (Å²) in [6.45, 7) is 48.5. The second-order valence-electron chi connectivity index (χ2n) is 32.1. The molecule has 1 N–H and O–H groups in total. The average Bonchev–Trinajstić information content (AvgIpc) is 3.74. The van der Waals surface area contributed by atoms with Gasteiger partial charge in [0.1, 0.15) is 0 Å². The zero-order valence-electron chi connectivity index (χ0n) is 70.8. The van der Waals surface area contributed by atoms with Gasteiger partial charge in [-0.25, -0.2) is 0 Å². The molecule has 0 saturated carbocycles. The van der Waals surface area contributed by atoms with E-state index in [2.05, 4.69) is 261 Å². The zero-order chi connectivity index (χ0) is 75.3. The molecule has 0 heterocycles. The molecule has 1 nitrogen and oxygen atoms in total. The minimum absolute atomic E-state index is 0.308. The van der Waals surface area contributed by atoms with Crippen molar-refractivity contribution in [3.05, 3.63) is 221 Å². The van der Waals surface area contributed by atoms with E-state index < -0.39 is 0 Å². The van der Waals surface area contributed by atoms with Crippen LogP contribution in [0, 0.1) is 5.92 Å². The van der Waals surface area contributed by atoms with E-state index in [1.165, 1.54) is 228 Å². The Balaban J connectivity index is 4.35. The molecule has 0 rings (SSSR count). The molecule has 0 aliphatic carbocycles. The van der Waals surface area contributed by atoms with E-state index in [1.807, 2.05) is 0 Å². The highest BCUT2D eigenvalue weighted by Crippen LogP contribution is 2.23. The minimum atomic E-state index is 0.308. The van der Waals surface area contributed by atoms with E-state index >= 15 is 0 Å². The van der Waals surface area contributed by atoms with Crippen LogP contribution in [0.25, 0.3) is 0 Å². The SMILES string of the molecule is CC(C)=CCC/C(C)=C\CC/C(C)=C/CC/C(C)=C/CC/C(C)=C/CC/C(C)=C/CC/C(C)=C/CC/C(C)=C/CC/C(C)=C\CC/C(C)=C/CC/C(C)=C/CC/C(C)=C/CC/C(C)=C/CC/C(C)=C\CC/C(C)=C/CC/C(C)=C/CC/C(C)=C/CC/C(C)=C/CC/C(C)=C/CCC(C)CCO. The Kier molecular flexibility index (Phi) is 61.4. The zero-order valence-corrected chi connectivity index (χ0v) is 70.8. The molecule has 0 spiro atoms. The molecular formula is C100H164O. The van der Waals surface area contributed by atoms with Gasteiger partial charge in [0.25, 0.3) is 0 Å². The van der Waals surface area contributed by atoms with E-state index in [0.717, 1.165) is 128 Å².